The van der Waals surface area contributed by atoms with Gasteiger partial charge in [-0.1, -0.05) is 25.0 Å². The lowest BCUT2D eigenvalue weighted by atomic mass is 10.1. The van der Waals surface area contributed by atoms with Crippen LogP contribution in [0, 0.1) is 11.8 Å². The predicted molar refractivity (Wildman–Crippen MR) is 148 cm³/mol. The van der Waals surface area contributed by atoms with E-state index in [0.717, 1.165) is 41.9 Å². The number of aromatic nitrogens is 6. The number of nitrogens with two attached hydrogens (primary N) is 2. The second-order valence-electron chi connectivity index (χ2n) is 8.89. The number of carbonyl (C=O) groups is 1. The maximum Gasteiger partial charge on any atom is 0.262 e. The molecule has 1 saturated carbocycles. The number of nitrogen functional groups attached to an aromatic ring is 1. The van der Waals surface area contributed by atoms with Gasteiger partial charge in [0.2, 0.25) is 0 Å². The number of carbonyl (C=O) groups excluding carboxylic acids is 1. The average molecular weight is 514 g/mol. The Labute approximate surface area is 220 Å². The summed E-state index contributed by atoms with van der Waals surface area (Å²) in [4.78, 5) is 32.9. The van der Waals surface area contributed by atoms with Crippen molar-refractivity contribution in [2.24, 2.45) is 19.8 Å². The van der Waals surface area contributed by atoms with E-state index >= 15 is 0 Å². The van der Waals surface area contributed by atoms with Crippen LogP contribution < -0.4 is 22.3 Å². The van der Waals surface area contributed by atoms with E-state index in [0.29, 0.717) is 23.8 Å². The first-order valence-corrected chi connectivity index (χ1v) is 12.3. The van der Waals surface area contributed by atoms with Gasteiger partial charge in [-0.2, -0.15) is 5.10 Å². The Balaban J connectivity index is 0.000000206. The Morgan fingerprint density at radius 3 is 2.66 bits per heavy atom. The van der Waals surface area contributed by atoms with E-state index in [1.54, 1.807) is 25.6 Å². The third kappa shape index (κ3) is 5.29. The second-order valence-corrected chi connectivity index (χ2v) is 8.89. The lowest BCUT2D eigenvalue weighted by Gasteiger charge is -2.12. The van der Waals surface area contributed by atoms with Crippen LogP contribution in [-0.4, -0.2) is 41.3 Å². The zero-order valence-electron chi connectivity index (χ0n) is 21.7. The fourth-order valence-corrected chi connectivity index (χ4v) is 4.12. The number of aryl methyl sites for hydroxylation is 3. The molecule has 0 bridgehead atoms. The lowest BCUT2D eigenvalue weighted by molar-refractivity contribution is 0.100. The van der Waals surface area contributed by atoms with E-state index in [4.69, 9.17) is 16.5 Å². The largest absolute Gasteiger partial charge is 0.381 e. The Kier molecular flexibility index (Phi) is 7.62. The molecular weight excluding hydrogens is 482 g/mol. The average Bonchev–Trinajstić information content (AvgIpc) is 3.57. The van der Waals surface area contributed by atoms with Gasteiger partial charge in [0, 0.05) is 38.7 Å². The molecule has 1 aliphatic carbocycles. The number of nitrogens with zero attached hydrogens (tertiary/aromatic N) is 6. The predicted octanol–water partition coefficient (Wildman–Crippen LogP) is 2.13. The Bertz CT molecular complexity index is 1630. The highest BCUT2D eigenvalue weighted by Gasteiger charge is 2.28. The quantitative estimate of drug-likeness (QED) is 0.264. The van der Waals surface area contributed by atoms with Gasteiger partial charge >= 0.3 is 0 Å². The standard InChI is InChI=1S/C19H18N4O.C8H13N5O/c1-3-17-21-16-6-4-5-13(7-8-15-11-20-12-22(15)2)18(16)19(24)23(17)14-9-10-14;1-3-4-11-8-5(7(10)14)6(9)12-13(8)2/h4-6,11-12,14H,3,9-10H2,1-2H3;3,11H,1,4H2,2H3,(H2,9,12)(H2,10,14). The number of fused-ring (bicyclic) bond motifs is 1. The van der Waals surface area contributed by atoms with Gasteiger partial charge in [0.15, 0.2) is 5.82 Å². The summed E-state index contributed by atoms with van der Waals surface area (Å²) in [5.41, 5.74) is 13.2. The molecule has 5 rings (SSSR count). The molecule has 196 valence electrons. The van der Waals surface area contributed by atoms with Crippen molar-refractivity contribution in [3.05, 3.63) is 76.4 Å². The first kappa shape index (κ1) is 26.2. The third-order valence-corrected chi connectivity index (χ3v) is 6.11. The molecule has 3 heterocycles. The van der Waals surface area contributed by atoms with E-state index < -0.39 is 5.91 Å². The summed E-state index contributed by atoms with van der Waals surface area (Å²) in [6.45, 7) is 6.10. The molecule has 3 aromatic heterocycles. The van der Waals surface area contributed by atoms with E-state index in [1.165, 1.54) is 4.68 Å². The molecule has 38 heavy (non-hydrogen) atoms. The van der Waals surface area contributed by atoms with Gasteiger partial charge in [-0.25, -0.2) is 9.97 Å². The lowest BCUT2D eigenvalue weighted by Crippen LogP contribution is -2.25. The van der Waals surface area contributed by atoms with Gasteiger partial charge in [-0.3, -0.25) is 18.8 Å². The van der Waals surface area contributed by atoms with Gasteiger partial charge < -0.3 is 21.4 Å². The molecule has 0 aliphatic heterocycles. The first-order chi connectivity index (χ1) is 18.3. The molecule has 1 fully saturated rings. The van der Waals surface area contributed by atoms with Gasteiger partial charge in [0.05, 0.1) is 23.4 Å². The molecule has 11 nitrogen and oxygen atoms in total. The number of rotatable bonds is 6. The minimum absolute atomic E-state index is 0.0363. The Morgan fingerprint density at radius 2 is 2.05 bits per heavy atom. The van der Waals surface area contributed by atoms with Gasteiger partial charge in [-0.15, -0.1) is 6.58 Å². The van der Waals surface area contributed by atoms with Crippen LogP contribution in [0.25, 0.3) is 10.9 Å². The number of imidazole rings is 1. The summed E-state index contributed by atoms with van der Waals surface area (Å²) in [6.07, 6.45) is 7.96. The zero-order chi connectivity index (χ0) is 27.4. The van der Waals surface area contributed by atoms with Gasteiger partial charge in [0.1, 0.15) is 22.9 Å². The van der Waals surface area contributed by atoms with Crippen molar-refractivity contribution in [3.63, 3.8) is 0 Å². The molecule has 1 aliphatic rings. The summed E-state index contributed by atoms with van der Waals surface area (Å²) in [6, 6.07) is 5.99. The molecule has 0 atom stereocenters. The minimum atomic E-state index is -0.595. The molecule has 0 saturated heterocycles. The highest BCUT2D eigenvalue weighted by Crippen LogP contribution is 2.35. The summed E-state index contributed by atoms with van der Waals surface area (Å²) >= 11 is 0. The number of nitrogens with one attached hydrogen (secondary N) is 1. The van der Waals surface area contributed by atoms with Crippen molar-refractivity contribution < 1.29 is 4.79 Å². The van der Waals surface area contributed by atoms with E-state index in [1.807, 2.05) is 41.3 Å². The molecule has 1 amide bonds. The molecule has 0 radical (unpaired) electrons. The maximum atomic E-state index is 13.1. The number of primary amides is 1. The molecule has 1 aromatic carbocycles. The van der Waals surface area contributed by atoms with Crippen molar-refractivity contribution >= 4 is 28.4 Å². The second kappa shape index (κ2) is 11.0. The van der Waals surface area contributed by atoms with Crippen LogP contribution in [0.1, 0.15) is 53.2 Å². The molecule has 4 aromatic rings. The Hall–Kier alpha value is -4.85. The smallest absolute Gasteiger partial charge is 0.262 e. The van der Waals surface area contributed by atoms with Crippen LogP contribution in [-0.2, 0) is 20.5 Å². The maximum absolute atomic E-state index is 13.1. The zero-order valence-corrected chi connectivity index (χ0v) is 21.7. The molecule has 0 spiro atoms. The number of hydrogen-bond donors (Lipinski definition) is 3. The fraction of sp³-hybridized carbons (Fsp3) is 0.296. The number of benzene rings is 1. The van der Waals surface area contributed by atoms with Crippen molar-refractivity contribution in [2.75, 3.05) is 17.6 Å². The van der Waals surface area contributed by atoms with Crippen molar-refractivity contribution in [1.82, 2.24) is 28.9 Å². The summed E-state index contributed by atoms with van der Waals surface area (Å²) in [5.74, 6) is 7.14. The number of amides is 1. The van der Waals surface area contributed by atoms with E-state index in [2.05, 4.69) is 33.8 Å². The van der Waals surface area contributed by atoms with Crippen LogP contribution in [0.5, 0.6) is 0 Å². The van der Waals surface area contributed by atoms with Crippen molar-refractivity contribution in [1.29, 1.82) is 0 Å². The summed E-state index contributed by atoms with van der Waals surface area (Å²) in [7, 11) is 3.57. The monoisotopic (exact) mass is 513 g/mol. The van der Waals surface area contributed by atoms with Gasteiger partial charge in [0.25, 0.3) is 11.5 Å². The van der Waals surface area contributed by atoms with Crippen LogP contribution in [0.4, 0.5) is 11.6 Å². The summed E-state index contributed by atoms with van der Waals surface area (Å²) in [5, 5.41) is 7.44. The molecule has 5 N–H and O–H groups in total. The fourth-order valence-electron chi connectivity index (χ4n) is 4.12. The number of anilines is 2. The van der Waals surface area contributed by atoms with Gasteiger partial charge in [-0.05, 0) is 30.9 Å². The molecular formula is C27H31N9O2. The van der Waals surface area contributed by atoms with Crippen LogP contribution in [0.15, 0.2) is 48.2 Å². The summed E-state index contributed by atoms with van der Waals surface area (Å²) < 4.78 is 5.20. The van der Waals surface area contributed by atoms with Crippen LogP contribution >= 0.6 is 0 Å². The van der Waals surface area contributed by atoms with Crippen molar-refractivity contribution in [3.8, 4) is 11.8 Å². The highest BCUT2D eigenvalue weighted by atomic mass is 16.1. The SMILES string of the molecule is C=CCNc1c(C(N)=O)c(N)nn1C.CCc1nc2cccc(C#Cc3cncn3C)c2c(=O)n1C1CC1. The molecule has 11 heteroatoms. The van der Waals surface area contributed by atoms with E-state index in [9.17, 15) is 9.59 Å². The normalized spacial score (nSPS) is 12.3. The first-order valence-electron chi connectivity index (χ1n) is 12.3. The highest BCUT2D eigenvalue weighted by molar-refractivity contribution is 6.02. The molecule has 0 unspecified atom stereocenters. The van der Waals surface area contributed by atoms with Crippen LogP contribution in [0.3, 0.4) is 0 Å². The van der Waals surface area contributed by atoms with Crippen molar-refractivity contribution in [2.45, 2.75) is 32.2 Å². The van der Waals surface area contributed by atoms with Crippen LogP contribution in [0.2, 0.25) is 0 Å². The minimum Gasteiger partial charge on any atom is -0.381 e. The topological polar surface area (TPSA) is 152 Å². The number of hydrogen-bond acceptors (Lipinski definition) is 7. The Morgan fingerprint density at radius 1 is 1.29 bits per heavy atom. The third-order valence-electron chi connectivity index (χ3n) is 6.11. The van der Waals surface area contributed by atoms with E-state index in [-0.39, 0.29) is 16.9 Å².